The molecule has 0 aromatic carbocycles. The zero-order valence-electron chi connectivity index (χ0n) is 8.95. The summed E-state index contributed by atoms with van der Waals surface area (Å²) in [6.07, 6.45) is 0.515. The lowest BCUT2D eigenvalue weighted by Gasteiger charge is -2.13. The first-order valence-corrected chi connectivity index (χ1v) is 5.76. The van der Waals surface area contributed by atoms with Gasteiger partial charge in [-0.05, 0) is 12.8 Å². The van der Waals surface area contributed by atoms with Crippen molar-refractivity contribution in [1.82, 2.24) is 4.98 Å². The molecule has 0 aliphatic carbocycles. The highest BCUT2D eigenvalue weighted by Gasteiger charge is 2.19. The normalized spacial score (nSPS) is 15.5. The Morgan fingerprint density at radius 1 is 1.57 bits per heavy atom. The van der Waals surface area contributed by atoms with Gasteiger partial charge in [0.15, 0.2) is 0 Å². The van der Waals surface area contributed by atoms with Crippen molar-refractivity contribution in [2.45, 2.75) is 39.8 Å². The van der Waals surface area contributed by atoms with Crippen LogP contribution in [-0.2, 0) is 6.54 Å². The summed E-state index contributed by atoms with van der Waals surface area (Å²) in [6.45, 7) is 6.55. The fraction of sp³-hybridized carbons (Fsp3) is 0.700. The zero-order chi connectivity index (χ0) is 10.7. The van der Waals surface area contributed by atoms with Crippen molar-refractivity contribution in [3.05, 3.63) is 15.6 Å². The first kappa shape index (κ1) is 11.6. The van der Waals surface area contributed by atoms with Gasteiger partial charge >= 0.3 is 0 Å². The zero-order valence-corrected chi connectivity index (χ0v) is 9.77. The Balaban J connectivity index is 2.85. The summed E-state index contributed by atoms with van der Waals surface area (Å²) in [7, 11) is 0. The Morgan fingerprint density at radius 2 is 2.21 bits per heavy atom. The fourth-order valence-corrected chi connectivity index (χ4v) is 2.30. The molecule has 3 nitrogen and oxygen atoms in total. The molecule has 80 valence electrons. The Labute approximate surface area is 89.0 Å². The summed E-state index contributed by atoms with van der Waals surface area (Å²) in [5.74, 6) is 0.256. The van der Waals surface area contributed by atoms with Gasteiger partial charge in [0.25, 0.3) is 0 Å². The molecule has 1 rings (SSSR count). The van der Waals surface area contributed by atoms with Crippen molar-refractivity contribution in [3.63, 3.8) is 0 Å². The molecule has 0 bridgehead atoms. The van der Waals surface area contributed by atoms with Gasteiger partial charge in [-0.1, -0.05) is 20.3 Å². The van der Waals surface area contributed by atoms with E-state index < -0.39 is 6.10 Å². The summed E-state index contributed by atoms with van der Waals surface area (Å²) in [4.78, 5) is 5.41. The molecule has 2 atom stereocenters. The summed E-state index contributed by atoms with van der Waals surface area (Å²) in [6, 6.07) is 0. The third-order valence-electron chi connectivity index (χ3n) is 2.53. The number of rotatable bonds is 4. The van der Waals surface area contributed by atoms with E-state index in [-0.39, 0.29) is 5.92 Å². The van der Waals surface area contributed by atoms with Crippen LogP contribution in [0.15, 0.2) is 0 Å². The summed E-state index contributed by atoms with van der Waals surface area (Å²) in [5, 5.41) is 10.7. The first-order chi connectivity index (χ1) is 6.60. The molecule has 14 heavy (non-hydrogen) atoms. The molecule has 3 N–H and O–H groups in total. The van der Waals surface area contributed by atoms with Crippen molar-refractivity contribution in [2.75, 3.05) is 0 Å². The molecule has 0 aliphatic rings. The molecule has 0 spiro atoms. The van der Waals surface area contributed by atoms with Gasteiger partial charge in [0.1, 0.15) is 11.1 Å². The molecule has 4 heteroatoms. The molecule has 0 radical (unpaired) electrons. The van der Waals surface area contributed by atoms with Crippen molar-refractivity contribution in [2.24, 2.45) is 11.7 Å². The molecule has 0 saturated heterocycles. The lowest BCUT2D eigenvalue weighted by molar-refractivity contribution is 0.115. The van der Waals surface area contributed by atoms with Gasteiger partial charge in [-0.2, -0.15) is 0 Å². The van der Waals surface area contributed by atoms with E-state index in [9.17, 15) is 5.11 Å². The Bertz CT molecular complexity index is 298. The van der Waals surface area contributed by atoms with E-state index in [1.165, 1.54) is 11.3 Å². The highest BCUT2D eigenvalue weighted by Crippen LogP contribution is 2.29. The molecular weight excluding hydrogens is 196 g/mol. The predicted molar refractivity (Wildman–Crippen MR) is 59.2 cm³/mol. The van der Waals surface area contributed by atoms with Gasteiger partial charge in [0.05, 0.1) is 5.69 Å². The maximum Gasteiger partial charge on any atom is 0.122 e. The van der Waals surface area contributed by atoms with Gasteiger partial charge in [-0.25, -0.2) is 4.98 Å². The summed E-state index contributed by atoms with van der Waals surface area (Å²) < 4.78 is 0. The lowest BCUT2D eigenvalue weighted by Crippen LogP contribution is -2.07. The van der Waals surface area contributed by atoms with Crippen LogP contribution in [-0.4, -0.2) is 10.1 Å². The van der Waals surface area contributed by atoms with E-state index >= 15 is 0 Å². The minimum atomic E-state index is -0.441. The third-order valence-corrected chi connectivity index (χ3v) is 3.78. The molecule has 1 aromatic heterocycles. The second-order valence-electron chi connectivity index (χ2n) is 3.60. The van der Waals surface area contributed by atoms with Crippen LogP contribution in [0.1, 0.15) is 42.0 Å². The molecule has 0 fully saturated rings. The van der Waals surface area contributed by atoms with Crippen LogP contribution in [0.3, 0.4) is 0 Å². The monoisotopic (exact) mass is 214 g/mol. The molecule has 0 amide bonds. The van der Waals surface area contributed by atoms with Gasteiger partial charge in [0.2, 0.25) is 0 Å². The van der Waals surface area contributed by atoms with E-state index in [4.69, 9.17) is 5.73 Å². The van der Waals surface area contributed by atoms with E-state index in [0.29, 0.717) is 6.54 Å². The Morgan fingerprint density at radius 3 is 2.64 bits per heavy atom. The molecule has 2 unspecified atom stereocenters. The van der Waals surface area contributed by atoms with Crippen LogP contribution in [0.5, 0.6) is 0 Å². The van der Waals surface area contributed by atoms with Gasteiger partial charge in [-0.3, -0.25) is 0 Å². The fourth-order valence-electron chi connectivity index (χ4n) is 1.23. The molecule has 1 aromatic rings. The number of aryl methyl sites for hydroxylation is 1. The van der Waals surface area contributed by atoms with Crippen molar-refractivity contribution in [1.29, 1.82) is 0 Å². The maximum absolute atomic E-state index is 9.93. The van der Waals surface area contributed by atoms with Crippen LogP contribution in [0.4, 0.5) is 0 Å². The average Bonchev–Trinajstić information content (AvgIpc) is 2.57. The molecule has 0 aliphatic heterocycles. The van der Waals surface area contributed by atoms with Crippen LogP contribution in [0.25, 0.3) is 0 Å². The highest BCUT2D eigenvalue weighted by molar-refractivity contribution is 7.11. The SMILES string of the molecule is CCC(C)C(O)c1nc(C)c(CN)s1. The lowest BCUT2D eigenvalue weighted by atomic mass is 10.0. The number of aliphatic hydroxyl groups excluding tert-OH is 1. The number of aromatic nitrogens is 1. The van der Waals surface area contributed by atoms with Gasteiger partial charge in [-0.15, -0.1) is 11.3 Å². The quantitative estimate of drug-likeness (QED) is 0.806. The summed E-state index contributed by atoms with van der Waals surface area (Å²) in [5.41, 5.74) is 6.52. The van der Waals surface area contributed by atoms with E-state index in [0.717, 1.165) is 22.0 Å². The van der Waals surface area contributed by atoms with Gasteiger partial charge in [0, 0.05) is 11.4 Å². The van der Waals surface area contributed by atoms with Gasteiger partial charge < -0.3 is 10.8 Å². The number of hydrogen-bond donors (Lipinski definition) is 2. The number of nitrogens with two attached hydrogens (primary N) is 1. The van der Waals surface area contributed by atoms with Crippen LogP contribution >= 0.6 is 11.3 Å². The Kier molecular flexibility index (Phi) is 4.04. The highest BCUT2D eigenvalue weighted by atomic mass is 32.1. The van der Waals surface area contributed by atoms with E-state index in [2.05, 4.69) is 11.9 Å². The minimum Gasteiger partial charge on any atom is -0.386 e. The van der Waals surface area contributed by atoms with Crippen molar-refractivity contribution in [3.8, 4) is 0 Å². The predicted octanol–water partition coefficient (Wildman–Crippen LogP) is 1.99. The number of aliphatic hydroxyl groups is 1. The third kappa shape index (κ3) is 2.32. The van der Waals surface area contributed by atoms with E-state index in [1.54, 1.807) is 0 Å². The molecule has 0 saturated carbocycles. The average molecular weight is 214 g/mol. The van der Waals surface area contributed by atoms with Crippen molar-refractivity contribution < 1.29 is 5.11 Å². The standard InChI is InChI=1S/C10H18N2OS/c1-4-6(2)9(13)10-12-7(3)8(5-11)14-10/h6,9,13H,4-5,11H2,1-3H3. The van der Waals surface area contributed by atoms with Crippen molar-refractivity contribution >= 4 is 11.3 Å². The second kappa shape index (κ2) is 4.87. The Hall–Kier alpha value is -0.450. The molecular formula is C10H18N2OS. The van der Waals surface area contributed by atoms with Crippen LogP contribution < -0.4 is 5.73 Å². The van der Waals surface area contributed by atoms with E-state index in [1.807, 2.05) is 13.8 Å². The topological polar surface area (TPSA) is 59.1 Å². The first-order valence-electron chi connectivity index (χ1n) is 4.94. The number of thiazole rings is 1. The second-order valence-corrected chi connectivity index (χ2v) is 4.71. The van der Waals surface area contributed by atoms with Crippen LogP contribution in [0.2, 0.25) is 0 Å². The summed E-state index contributed by atoms with van der Waals surface area (Å²) >= 11 is 1.53. The number of nitrogens with zero attached hydrogens (tertiary/aromatic N) is 1. The molecule has 1 heterocycles. The maximum atomic E-state index is 9.93. The number of hydrogen-bond acceptors (Lipinski definition) is 4. The minimum absolute atomic E-state index is 0.256. The smallest absolute Gasteiger partial charge is 0.122 e. The largest absolute Gasteiger partial charge is 0.386 e. The van der Waals surface area contributed by atoms with Crippen LogP contribution in [0, 0.1) is 12.8 Å².